The van der Waals surface area contributed by atoms with Gasteiger partial charge in [0.15, 0.2) is 7.28 Å². The van der Waals surface area contributed by atoms with Gasteiger partial charge in [-0.15, -0.1) is 0 Å². The predicted octanol–water partition coefficient (Wildman–Crippen LogP) is 6.58. The maximum Gasteiger partial charge on any atom is 0.154 e. The summed E-state index contributed by atoms with van der Waals surface area (Å²) in [5.41, 5.74) is 5.37. The van der Waals surface area contributed by atoms with Crippen molar-refractivity contribution in [2.24, 2.45) is 0 Å². The number of halogens is 1. The van der Waals surface area contributed by atoms with Crippen LogP contribution >= 0.6 is 15.9 Å². The number of phenols is 1. The summed E-state index contributed by atoms with van der Waals surface area (Å²) in [6.07, 6.45) is 0. The average Bonchev–Trinajstić information content (AvgIpc) is 3.26. The van der Waals surface area contributed by atoms with E-state index in [0.29, 0.717) is 0 Å². The number of benzene rings is 5. The molecule has 0 aliphatic heterocycles. The molecule has 5 aromatic carbocycles. The number of aromatic nitrogens is 2. The number of hydrogen-bond donors (Lipinski definition) is 1. The van der Waals surface area contributed by atoms with Crippen molar-refractivity contribution in [2.45, 2.75) is 6.82 Å². The third kappa shape index (κ3) is 3.23. The van der Waals surface area contributed by atoms with Crippen molar-refractivity contribution in [1.82, 2.24) is 9.55 Å². The van der Waals surface area contributed by atoms with E-state index in [-0.39, 0.29) is 5.75 Å². The van der Waals surface area contributed by atoms with E-state index in [2.05, 4.69) is 88.0 Å². The van der Waals surface area contributed by atoms with Gasteiger partial charge < -0.3 is 5.11 Å². The van der Waals surface area contributed by atoms with Gasteiger partial charge >= 0.3 is 0 Å². The molecule has 1 N–H and O–H groups in total. The van der Waals surface area contributed by atoms with Gasteiger partial charge in [0.25, 0.3) is 0 Å². The molecule has 0 saturated carbocycles. The lowest BCUT2D eigenvalue weighted by atomic mass is 9.72. The van der Waals surface area contributed by atoms with Crippen LogP contribution in [0.15, 0.2) is 95.5 Å². The van der Waals surface area contributed by atoms with E-state index in [1.54, 1.807) is 12.1 Å². The van der Waals surface area contributed by atoms with Gasteiger partial charge in [0.2, 0.25) is 0 Å². The summed E-state index contributed by atoms with van der Waals surface area (Å²) >= 11 is 3.69. The fourth-order valence-corrected chi connectivity index (χ4v) is 5.04. The minimum absolute atomic E-state index is 0.244. The SMILES string of the molecule is CBc1ccc2c3ccc(Br)cc3c3c(nc(-c4ccc(O)cc4)n3-c3ccccc3)c2c1. The molecular weight excluding hydrogens is 471 g/mol. The van der Waals surface area contributed by atoms with Gasteiger partial charge in [-0.1, -0.05) is 70.7 Å². The number of imidazole rings is 1. The largest absolute Gasteiger partial charge is 0.508 e. The van der Waals surface area contributed by atoms with Crippen molar-refractivity contribution in [3.63, 3.8) is 0 Å². The molecule has 0 bridgehead atoms. The van der Waals surface area contributed by atoms with Crippen LogP contribution < -0.4 is 5.46 Å². The van der Waals surface area contributed by atoms with E-state index in [0.717, 1.165) is 50.6 Å². The summed E-state index contributed by atoms with van der Waals surface area (Å²) in [7, 11) is 0.972. The van der Waals surface area contributed by atoms with Crippen molar-refractivity contribution < 1.29 is 5.11 Å². The highest BCUT2D eigenvalue weighted by Crippen LogP contribution is 2.39. The summed E-state index contributed by atoms with van der Waals surface area (Å²) in [6, 6.07) is 30.8. The molecule has 0 saturated heterocycles. The quantitative estimate of drug-likeness (QED) is 0.225. The molecule has 0 fully saturated rings. The Hall–Kier alpha value is -3.57. The third-order valence-electron chi connectivity index (χ3n) is 6.29. The topological polar surface area (TPSA) is 38.1 Å². The number of hydrogen-bond acceptors (Lipinski definition) is 2. The zero-order valence-corrected chi connectivity index (χ0v) is 19.7. The van der Waals surface area contributed by atoms with Crippen LogP contribution in [0.25, 0.3) is 49.7 Å². The molecule has 5 heteroatoms. The second-order valence-electron chi connectivity index (χ2n) is 8.27. The van der Waals surface area contributed by atoms with Gasteiger partial charge in [0, 0.05) is 26.5 Å². The first-order valence-electron chi connectivity index (χ1n) is 11.0. The molecule has 158 valence electrons. The molecule has 1 aromatic heterocycles. The first-order chi connectivity index (χ1) is 16.1. The highest BCUT2D eigenvalue weighted by Gasteiger charge is 2.20. The predicted molar refractivity (Wildman–Crippen MR) is 144 cm³/mol. The van der Waals surface area contributed by atoms with Crippen LogP contribution in [0.3, 0.4) is 0 Å². The smallest absolute Gasteiger partial charge is 0.154 e. The number of nitrogens with zero attached hydrogens (tertiary/aromatic N) is 2. The summed E-state index contributed by atoms with van der Waals surface area (Å²) in [4.78, 5) is 5.24. The van der Waals surface area contributed by atoms with E-state index >= 15 is 0 Å². The van der Waals surface area contributed by atoms with Gasteiger partial charge in [-0.3, -0.25) is 4.57 Å². The average molecular weight is 491 g/mol. The Kier molecular flexibility index (Phi) is 4.73. The number of rotatable bonds is 3. The fourth-order valence-electron chi connectivity index (χ4n) is 4.68. The zero-order chi connectivity index (χ0) is 22.5. The fraction of sp³-hybridized carbons (Fsp3) is 0.0357. The lowest BCUT2D eigenvalue weighted by Gasteiger charge is -2.13. The summed E-state index contributed by atoms with van der Waals surface area (Å²) < 4.78 is 3.28. The molecule has 3 nitrogen and oxygen atoms in total. The second kappa shape index (κ2) is 7.78. The monoisotopic (exact) mass is 490 g/mol. The lowest BCUT2D eigenvalue weighted by molar-refractivity contribution is 0.475. The first kappa shape index (κ1) is 20.1. The maximum absolute atomic E-state index is 9.87. The second-order valence-corrected chi connectivity index (χ2v) is 9.19. The van der Waals surface area contributed by atoms with E-state index in [1.165, 1.54) is 16.2 Å². The number of para-hydroxylation sites is 1. The van der Waals surface area contributed by atoms with Crippen LogP contribution in [0.4, 0.5) is 0 Å². The molecule has 0 radical (unpaired) electrons. The molecule has 33 heavy (non-hydrogen) atoms. The summed E-state index contributed by atoms with van der Waals surface area (Å²) in [5.74, 6) is 1.10. The molecule has 0 aliphatic rings. The summed E-state index contributed by atoms with van der Waals surface area (Å²) in [5, 5.41) is 14.6. The van der Waals surface area contributed by atoms with Crippen LogP contribution in [-0.4, -0.2) is 21.9 Å². The van der Waals surface area contributed by atoms with Crippen molar-refractivity contribution in [1.29, 1.82) is 0 Å². The van der Waals surface area contributed by atoms with Crippen molar-refractivity contribution >= 4 is 61.3 Å². The minimum atomic E-state index is 0.244. The van der Waals surface area contributed by atoms with E-state index in [4.69, 9.17) is 4.98 Å². The highest BCUT2D eigenvalue weighted by atomic mass is 79.9. The van der Waals surface area contributed by atoms with E-state index in [1.807, 2.05) is 18.2 Å². The first-order valence-corrected chi connectivity index (χ1v) is 11.8. The van der Waals surface area contributed by atoms with Gasteiger partial charge in [-0.05, 0) is 59.3 Å². The molecule has 6 rings (SSSR count). The third-order valence-corrected chi connectivity index (χ3v) is 6.78. The Morgan fingerprint density at radius 1 is 0.788 bits per heavy atom. The van der Waals surface area contributed by atoms with Gasteiger partial charge in [0.05, 0.1) is 11.0 Å². The number of phenolic OH excluding ortho intramolecular Hbond substituents is 1. The van der Waals surface area contributed by atoms with E-state index in [9.17, 15) is 5.11 Å². The van der Waals surface area contributed by atoms with Crippen molar-refractivity contribution in [2.75, 3.05) is 0 Å². The van der Waals surface area contributed by atoms with Gasteiger partial charge in [0.1, 0.15) is 11.6 Å². The highest BCUT2D eigenvalue weighted by molar-refractivity contribution is 9.10. The Labute approximate surface area is 200 Å². The Balaban J connectivity index is 1.87. The Morgan fingerprint density at radius 3 is 2.27 bits per heavy atom. The van der Waals surface area contributed by atoms with Crippen LogP contribution in [0, 0.1) is 0 Å². The molecule has 0 aliphatic carbocycles. The molecule has 6 aromatic rings. The standard InChI is InChI=1S/C28H20BBrN2O/c1-29-18-9-13-22-23-14-10-19(30)16-25(23)27-26(24(22)15-18)31-28(17-7-11-21(33)12-8-17)32(27)20-5-3-2-4-6-20/h2-16,29,33H,1H3. The van der Waals surface area contributed by atoms with Crippen molar-refractivity contribution in [3.05, 3.63) is 95.5 Å². The molecule has 0 atom stereocenters. The van der Waals surface area contributed by atoms with Gasteiger partial charge in [-0.25, -0.2) is 4.98 Å². The minimum Gasteiger partial charge on any atom is -0.508 e. The van der Waals surface area contributed by atoms with Crippen LogP contribution in [0.5, 0.6) is 5.75 Å². The molecule has 0 spiro atoms. The van der Waals surface area contributed by atoms with Crippen LogP contribution in [0.1, 0.15) is 0 Å². The summed E-state index contributed by atoms with van der Waals surface area (Å²) in [6.45, 7) is 2.18. The molecule has 0 amide bonds. The molecule has 1 heterocycles. The number of fused-ring (bicyclic) bond motifs is 6. The zero-order valence-electron chi connectivity index (χ0n) is 18.1. The van der Waals surface area contributed by atoms with Crippen molar-refractivity contribution in [3.8, 4) is 22.8 Å². The molecule has 0 unspecified atom stereocenters. The van der Waals surface area contributed by atoms with Gasteiger partial charge in [-0.2, -0.15) is 0 Å². The Morgan fingerprint density at radius 2 is 1.52 bits per heavy atom. The maximum atomic E-state index is 9.87. The van der Waals surface area contributed by atoms with E-state index < -0.39 is 0 Å². The van der Waals surface area contributed by atoms with Crippen LogP contribution in [0.2, 0.25) is 6.82 Å². The van der Waals surface area contributed by atoms with Crippen LogP contribution in [-0.2, 0) is 0 Å². The number of aromatic hydroxyl groups is 1. The normalized spacial score (nSPS) is 11.5. The Bertz CT molecular complexity index is 1660. The lowest BCUT2D eigenvalue weighted by Crippen LogP contribution is -2.09. The molecular formula is C28H20BBrN2O.